The highest BCUT2D eigenvalue weighted by Gasteiger charge is 2.44. The predicted molar refractivity (Wildman–Crippen MR) is 78.6 cm³/mol. The second-order valence-corrected chi connectivity index (χ2v) is 5.20. The first kappa shape index (κ1) is 15.2. The molecule has 1 aromatic carbocycles. The van der Waals surface area contributed by atoms with Gasteiger partial charge >= 0.3 is 12.0 Å². The van der Waals surface area contributed by atoms with Gasteiger partial charge in [0.25, 0.3) is 0 Å². The molecule has 0 aromatic heterocycles. The first-order chi connectivity index (χ1) is 10.1. The fourth-order valence-electron chi connectivity index (χ4n) is 2.30. The zero-order valence-electron chi connectivity index (χ0n) is 12.0. The standard InChI is InChI=1S/C15H20N2O4/c1-2-21-12-6-4-11(5-7-12)17-14(20)16-10-15(13(18)19)8-3-9-15/h4-7H,2-3,8-10H2,1H3,(H,18,19)(H2,16,17,20). The number of amides is 2. The summed E-state index contributed by atoms with van der Waals surface area (Å²) in [6, 6.07) is 6.61. The minimum atomic E-state index is -0.838. The van der Waals surface area contributed by atoms with Gasteiger partial charge < -0.3 is 20.5 Å². The minimum Gasteiger partial charge on any atom is -0.494 e. The minimum absolute atomic E-state index is 0.158. The van der Waals surface area contributed by atoms with E-state index in [1.807, 2.05) is 6.92 Å². The monoisotopic (exact) mass is 292 g/mol. The molecule has 0 bridgehead atoms. The van der Waals surface area contributed by atoms with Gasteiger partial charge in [-0.05, 0) is 44.0 Å². The van der Waals surface area contributed by atoms with Gasteiger partial charge in [0.2, 0.25) is 0 Å². The van der Waals surface area contributed by atoms with Crippen LogP contribution in [-0.4, -0.2) is 30.3 Å². The molecule has 114 valence electrons. The molecule has 1 saturated carbocycles. The van der Waals surface area contributed by atoms with Gasteiger partial charge in [0, 0.05) is 12.2 Å². The maximum absolute atomic E-state index is 11.8. The number of carboxylic acids is 1. The van der Waals surface area contributed by atoms with Gasteiger partial charge in [-0.25, -0.2) is 4.79 Å². The van der Waals surface area contributed by atoms with Crippen molar-refractivity contribution >= 4 is 17.7 Å². The van der Waals surface area contributed by atoms with E-state index in [1.165, 1.54) is 0 Å². The smallest absolute Gasteiger partial charge is 0.319 e. The van der Waals surface area contributed by atoms with Crippen molar-refractivity contribution in [1.29, 1.82) is 0 Å². The highest BCUT2D eigenvalue weighted by Crippen LogP contribution is 2.40. The van der Waals surface area contributed by atoms with E-state index in [1.54, 1.807) is 24.3 Å². The van der Waals surface area contributed by atoms with Crippen LogP contribution in [0.1, 0.15) is 26.2 Å². The molecule has 1 aromatic rings. The number of hydrogen-bond acceptors (Lipinski definition) is 3. The second-order valence-electron chi connectivity index (χ2n) is 5.20. The molecule has 3 N–H and O–H groups in total. The average molecular weight is 292 g/mol. The Labute approximate surface area is 123 Å². The van der Waals surface area contributed by atoms with Crippen LogP contribution in [0.2, 0.25) is 0 Å². The molecule has 1 aliphatic carbocycles. The Hall–Kier alpha value is -2.24. The maximum Gasteiger partial charge on any atom is 0.319 e. The lowest BCUT2D eigenvalue weighted by Crippen LogP contribution is -2.48. The molecule has 2 amide bonds. The zero-order chi connectivity index (χ0) is 15.3. The number of anilines is 1. The summed E-state index contributed by atoms with van der Waals surface area (Å²) in [6.07, 6.45) is 2.13. The summed E-state index contributed by atoms with van der Waals surface area (Å²) in [5.41, 5.74) is -0.148. The van der Waals surface area contributed by atoms with E-state index < -0.39 is 17.4 Å². The van der Waals surface area contributed by atoms with Gasteiger partial charge in [-0.2, -0.15) is 0 Å². The van der Waals surface area contributed by atoms with Crippen LogP contribution in [0.4, 0.5) is 10.5 Å². The topological polar surface area (TPSA) is 87.7 Å². The van der Waals surface area contributed by atoms with Gasteiger partial charge in [-0.3, -0.25) is 4.79 Å². The van der Waals surface area contributed by atoms with E-state index >= 15 is 0 Å². The lowest BCUT2D eigenvalue weighted by molar-refractivity contribution is -0.153. The quantitative estimate of drug-likeness (QED) is 0.751. The summed E-state index contributed by atoms with van der Waals surface area (Å²) in [4.78, 5) is 23.0. The molecule has 1 fully saturated rings. The van der Waals surface area contributed by atoms with Gasteiger partial charge in [0.05, 0.1) is 12.0 Å². The molecule has 6 nitrogen and oxygen atoms in total. The van der Waals surface area contributed by atoms with Gasteiger partial charge in [-0.15, -0.1) is 0 Å². The van der Waals surface area contributed by atoms with Crippen molar-refractivity contribution in [1.82, 2.24) is 5.32 Å². The van der Waals surface area contributed by atoms with Crippen molar-refractivity contribution in [3.63, 3.8) is 0 Å². The Bertz CT molecular complexity index is 509. The van der Waals surface area contributed by atoms with E-state index in [0.29, 0.717) is 25.1 Å². The lowest BCUT2D eigenvalue weighted by Gasteiger charge is -2.37. The summed E-state index contributed by atoms with van der Waals surface area (Å²) >= 11 is 0. The molecule has 0 saturated heterocycles. The third-order valence-electron chi connectivity index (χ3n) is 3.77. The van der Waals surface area contributed by atoms with E-state index in [4.69, 9.17) is 4.74 Å². The van der Waals surface area contributed by atoms with Gasteiger partial charge in [-0.1, -0.05) is 6.42 Å². The maximum atomic E-state index is 11.8. The third-order valence-corrected chi connectivity index (χ3v) is 3.77. The number of ether oxygens (including phenoxy) is 1. The summed E-state index contributed by atoms with van der Waals surface area (Å²) in [5, 5.41) is 14.5. The number of carbonyl (C=O) groups excluding carboxylic acids is 1. The van der Waals surface area contributed by atoms with Crippen molar-refractivity contribution in [2.75, 3.05) is 18.5 Å². The lowest BCUT2D eigenvalue weighted by atomic mass is 9.69. The number of carbonyl (C=O) groups is 2. The molecule has 0 radical (unpaired) electrons. The molecule has 6 heteroatoms. The van der Waals surface area contributed by atoms with E-state index in [-0.39, 0.29) is 6.54 Å². The van der Waals surface area contributed by atoms with E-state index in [0.717, 1.165) is 12.2 Å². The Morgan fingerprint density at radius 2 is 1.95 bits per heavy atom. The molecule has 0 aliphatic heterocycles. The predicted octanol–water partition coefficient (Wildman–Crippen LogP) is 2.46. The Kier molecular flexibility index (Phi) is 4.67. The van der Waals surface area contributed by atoms with Crippen molar-refractivity contribution in [3.05, 3.63) is 24.3 Å². The fraction of sp³-hybridized carbons (Fsp3) is 0.467. The van der Waals surface area contributed by atoms with Gasteiger partial charge in [0.1, 0.15) is 5.75 Å². The van der Waals surface area contributed by atoms with Crippen molar-refractivity contribution in [3.8, 4) is 5.75 Å². The summed E-state index contributed by atoms with van der Waals surface area (Å²) in [5.74, 6) is -0.0992. The number of benzene rings is 1. The highest BCUT2D eigenvalue weighted by atomic mass is 16.5. The SMILES string of the molecule is CCOc1ccc(NC(=O)NCC2(C(=O)O)CCC2)cc1. The van der Waals surface area contributed by atoms with Crippen molar-refractivity contribution in [2.45, 2.75) is 26.2 Å². The van der Waals surface area contributed by atoms with Crippen LogP contribution in [0.3, 0.4) is 0 Å². The number of rotatable bonds is 6. The van der Waals surface area contributed by atoms with Crippen molar-refractivity contribution in [2.24, 2.45) is 5.41 Å². The first-order valence-corrected chi connectivity index (χ1v) is 7.07. The molecule has 0 heterocycles. The van der Waals surface area contributed by atoms with Crippen molar-refractivity contribution < 1.29 is 19.4 Å². The van der Waals surface area contributed by atoms with Crippen LogP contribution in [0.25, 0.3) is 0 Å². The largest absolute Gasteiger partial charge is 0.494 e. The Morgan fingerprint density at radius 1 is 1.29 bits per heavy atom. The van der Waals surface area contributed by atoms with Crippen LogP contribution < -0.4 is 15.4 Å². The third kappa shape index (κ3) is 3.65. The van der Waals surface area contributed by atoms with Gasteiger partial charge in [0.15, 0.2) is 0 Å². The van der Waals surface area contributed by atoms with Crippen LogP contribution in [0, 0.1) is 5.41 Å². The number of carboxylic acid groups (broad SMARTS) is 1. The molecule has 2 rings (SSSR count). The Balaban J connectivity index is 1.83. The number of urea groups is 1. The fourth-order valence-corrected chi connectivity index (χ4v) is 2.30. The molecule has 21 heavy (non-hydrogen) atoms. The Morgan fingerprint density at radius 3 is 2.43 bits per heavy atom. The first-order valence-electron chi connectivity index (χ1n) is 7.07. The molecule has 0 spiro atoms. The summed E-state index contributed by atoms with van der Waals surface area (Å²) in [6.45, 7) is 2.65. The zero-order valence-corrected chi connectivity index (χ0v) is 12.0. The average Bonchev–Trinajstić information content (AvgIpc) is 2.39. The van der Waals surface area contributed by atoms with Crippen LogP contribution >= 0.6 is 0 Å². The molecular weight excluding hydrogens is 272 g/mol. The molecule has 1 aliphatic rings. The molecular formula is C15H20N2O4. The van der Waals surface area contributed by atoms with E-state index in [9.17, 15) is 14.7 Å². The molecule has 0 atom stereocenters. The number of nitrogens with one attached hydrogen (secondary N) is 2. The number of hydrogen-bond donors (Lipinski definition) is 3. The molecule has 0 unspecified atom stereocenters. The summed E-state index contributed by atoms with van der Waals surface area (Å²) < 4.78 is 5.31. The van der Waals surface area contributed by atoms with Crippen LogP contribution in [0.15, 0.2) is 24.3 Å². The van der Waals surface area contributed by atoms with Crippen LogP contribution in [0.5, 0.6) is 5.75 Å². The van der Waals surface area contributed by atoms with Crippen LogP contribution in [-0.2, 0) is 4.79 Å². The summed E-state index contributed by atoms with van der Waals surface area (Å²) in [7, 11) is 0. The highest BCUT2D eigenvalue weighted by molar-refractivity contribution is 5.89. The van der Waals surface area contributed by atoms with E-state index in [2.05, 4.69) is 10.6 Å². The number of aliphatic carboxylic acids is 1. The normalized spacial score (nSPS) is 15.7. The second kappa shape index (κ2) is 6.47.